The van der Waals surface area contributed by atoms with Crippen LogP contribution < -0.4 is 5.43 Å². The van der Waals surface area contributed by atoms with Crippen LogP contribution in [0.25, 0.3) is 0 Å². The number of nitrogens with one attached hydrogen (secondary N) is 1. The third kappa shape index (κ3) is 3.89. The molecule has 0 saturated heterocycles. The first-order valence-corrected chi connectivity index (χ1v) is 6.09. The van der Waals surface area contributed by atoms with Crippen molar-refractivity contribution in [3.8, 4) is 0 Å². The second-order valence-electron chi connectivity index (χ2n) is 3.99. The van der Waals surface area contributed by atoms with E-state index in [0.717, 1.165) is 0 Å². The zero-order valence-corrected chi connectivity index (χ0v) is 11.6. The lowest BCUT2D eigenvalue weighted by atomic mass is 10.4. The van der Waals surface area contributed by atoms with E-state index in [1.165, 1.54) is 24.0 Å². The molecule has 1 N–H and O–H groups in total. The molecule has 0 saturated carbocycles. The molecule has 2 rings (SSSR count). The number of aromatic nitrogens is 2. The second kappa shape index (κ2) is 6.18. The Balaban J connectivity index is 2.05. The Kier molecular flexibility index (Phi) is 4.33. The molecule has 0 fully saturated rings. The average Bonchev–Trinajstić information content (AvgIpc) is 2.96. The average molecular weight is 312 g/mol. The first-order chi connectivity index (χ1) is 9.95. The molecule has 0 aliphatic carbocycles. The molecule has 0 atom stereocenters. The molecule has 0 radical (unpaired) electrons. The van der Waals surface area contributed by atoms with Gasteiger partial charge in [-0.2, -0.15) is 9.78 Å². The minimum Gasteiger partial charge on any atom is -0.458 e. The molecular formula is C11H10ClN5O4. The molecule has 0 aromatic carbocycles. The number of hydrazone groups is 1. The second-order valence-corrected chi connectivity index (χ2v) is 4.39. The van der Waals surface area contributed by atoms with Gasteiger partial charge in [0.2, 0.25) is 5.91 Å². The summed E-state index contributed by atoms with van der Waals surface area (Å²) in [5.41, 5.74) is 2.24. The van der Waals surface area contributed by atoms with Crippen LogP contribution in [-0.2, 0) is 11.3 Å². The number of hydrogen-bond donors (Lipinski definition) is 1. The number of hydrogen-bond acceptors (Lipinski definition) is 6. The van der Waals surface area contributed by atoms with Crippen molar-refractivity contribution in [3.63, 3.8) is 0 Å². The van der Waals surface area contributed by atoms with E-state index in [4.69, 9.17) is 16.0 Å². The van der Waals surface area contributed by atoms with Crippen LogP contribution in [0.3, 0.4) is 0 Å². The van der Waals surface area contributed by atoms with E-state index < -0.39 is 10.7 Å². The van der Waals surface area contributed by atoms with Gasteiger partial charge in [-0.1, -0.05) is 11.6 Å². The summed E-state index contributed by atoms with van der Waals surface area (Å²) in [6.07, 6.45) is 2.68. The van der Waals surface area contributed by atoms with Gasteiger partial charge in [-0.25, -0.2) is 5.43 Å². The van der Waals surface area contributed by atoms with Crippen molar-refractivity contribution < 1.29 is 14.1 Å². The van der Waals surface area contributed by atoms with E-state index in [2.05, 4.69) is 15.6 Å². The van der Waals surface area contributed by atoms with E-state index in [9.17, 15) is 14.9 Å². The van der Waals surface area contributed by atoms with Gasteiger partial charge >= 0.3 is 5.82 Å². The summed E-state index contributed by atoms with van der Waals surface area (Å²) < 4.78 is 6.70. The maximum atomic E-state index is 10.6. The summed E-state index contributed by atoms with van der Waals surface area (Å²) in [6, 6.07) is 3.30. The Morgan fingerprint density at radius 2 is 2.43 bits per heavy atom. The highest BCUT2D eigenvalue weighted by molar-refractivity contribution is 6.32. The monoisotopic (exact) mass is 311 g/mol. The molecule has 10 heteroatoms. The van der Waals surface area contributed by atoms with Gasteiger partial charge in [0.1, 0.15) is 18.1 Å². The summed E-state index contributed by atoms with van der Waals surface area (Å²) in [4.78, 5) is 20.6. The van der Waals surface area contributed by atoms with Crippen LogP contribution in [0.2, 0.25) is 5.02 Å². The number of nitro groups is 1. The number of carbonyl (C=O) groups is 1. The Morgan fingerprint density at radius 1 is 1.67 bits per heavy atom. The Hall–Kier alpha value is -2.68. The Morgan fingerprint density at radius 3 is 3.05 bits per heavy atom. The Labute approximate surface area is 123 Å². The highest BCUT2D eigenvalue weighted by Crippen LogP contribution is 2.22. The maximum absolute atomic E-state index is 10.6. The Bertz CT molecular complexity index is 705. The largest absolute Gasteiger partial charge is 0.458 e. The van der Waals surface area contributed by atoms with Crippen molar-refractivity contribution in [1.29, 1.82) is 0 Å². The van der Waals surface area contributed by atoms with Crippen molar-refractivity contribution in [2.24, 2.45) is 5.10 Å². The number of rotatable bonds is 5. The highest BCUT2D eigenvalue weighted by Gasteiger charge is 2.19. The SMILES string of the molecule is CC(=O)N/N=C/c1ccc(Cn2cc(Cl)c([N+](=O)[O-])n2)o1. The molecular weight excluding hydrogens is 302 g/mol. The lowest BCUT2D eigenvalue weighted by Crippen LogP contribution is -2.12. The van der Waals surface area contributed by atoms with E-state index in [1.807, 2.05) is 0 Å². The van der Waals surface area contributed by atoms with Gasteiger partial charge in [-0.05, 0) is 17.1 Å². The van der Waals surface area contributed by atoms with Gasteiger partial charge in [0.25, 0.3) is 0 Å². The molecule has 0 unspecified atom stereocenters. The number of carbonyl (C=O) groups excluding carboxylic acids is 1. The fourth-order valence-electron chi connectivity index (χ4n) is 1.49. The first kappa shape index (κ1) is 14.7. The van der Waals surface area contributed by atoms with Crippen LogP contribution in [0.4, 0.5) is 5.82 Å². The summed E-state index contributed by atoms with van der Waals surface area (Å²) in [6.45, 7) is 1.51. The summed E-state index contributed by atoms with van der Waals surface area (Å²) in [7, 11) is 0. The van der Waals surface area contributed by atoms with Crippen LogP contribution in [0.5, 0.6) is 0 Å². The van der Waals surface area contributed by atoms with E-state index in [0.29, 0.717) is 11.5 Å². The topological polar surface area (TPSA) is 116 Å². The van der Waals surface area contributed by atoms with Crippen LogP contribution in [0.1, 0.15) is 18.4 Å². The predicted molar refractivity (Wildman–Crippen MR) is 73.1 cm³/mol. The fraction of sp³-hybridized carbons (Fsp3) is 0.182. The molecule has 9 nitrogen and oxygen atoms in total. The van der Waals surface area contributed by atoms with Gasteiger partial charge < -0.3 is 14.5 Å². The summed E-state index contributed by atoms with van der Waals surface area (Å²) in [5.74, 6) is 0.229. The smallest absolute Gasteiger partial charge is 0.408 e. The summed E-state index contributed by atoms with van der Waals surface area (Å²) in [5, 5.41) is 18.0. The third-order valence-corrected chi connectivity index (χ3v) is 2.55. The maximum Gasteiger partial charge on any atom is 0.408 e. The van der Waals surface area contributed by atoms with Gasteiger partial charge in [-0.15, -0.1) is 0 Å². The van der Waals surface area contributed by atoms with Crippen molar-refractivity contribution in [2.45, 2.75) is 13.5 Å². The van der Waals surface area contributed by atoms with E-state index in [-0.39, 0.29) is 17.5 Å². The van der Waals surface area contributed by atoms with Gasteiger partial charge in [0.05, 0.1) is 17.5 Å². The number of halogens is 1. The molecule has 21 heavy (non-hydrogen) atoms. The zero-order valence-electron chi connectivity index (χ0n) is 10.8. The standard InChI is InChI=1S/C11H10ClN5O4/c1-7(18)14-13-4-8-2-3-9(21-8)5-16-6-10(12)11(15-16)17(19)20/h2-4,6H,5H2,1H3,(H,14,18)/b13-4+. The van der Waals surface area contributed by atoms with Crippen LogP contribution in [0.15, 0.2) is 27.8 Å². The molecule has 110 valence electrons. The first-order valence-electron chi connectivity index (χ1n) is 5.71. The minimum absolute atomic E-state index is 0.0426. The number of furan rings is 1. The lowest BCUT2D eigenvalue weighted by molar-refractivity contribution is -0.389. The van der Waals surface area contributed by atoms with Crippen molar-refractivity contribution in [2.75, 3.05) is 0 Å². The lowest BCUT2D eigenvalue weighted by Gasteiger charge is -1.92. The summed E-state index contributed by atoms with van der Waals surface area (Å²) >= 11 is 5.69. The molecule has 0 bridgehead atoms. The molecule has 0 aliphatic heterocycles. The van der Waals surface area contributed by atoms with Crippen molar-refractivity contribution in [3.05, 3.63) is 45.0 Å². The van der Waals surface area contributed by atoms with Crippen LogP contribution >= 0.6 is 11.6 Å². The molecule has 0 aliphatic rings. The molecule has 2 heterocycles. The van der Waals surface area contributed by atoms with Crippen LogP contribution in [-0.4, -0.2) is 26.8 Å². The highest BCUT2D eigenvalue weighted by atomic mass is 35.5. The zero-order chi connectivity index (χ0) is 15.4. The molecule has 2 aromatic heterocycles. The molecule has 2 aromatic rings. The van der Waals surface area contributed by atoms with Crippen molar-refractivity contribution in [1.82, 2.24) is 15.2 Å². The number of amides is 1. The van der Waals surface area contributed by atoms with Crippen LogP contribution in [0, 0.1) is 10.1 Å². The van der Waals surface area contributed by atoms with Gasteiger partial charge in [-0.3, -0.25) is 4.79 Å². The molecule has 0 spiro atoms. The third-order valence-electron chi connectivity index (χ3n) is 2.29. The quantitative estimate of drug-likeness (QED) is 0.511. The van der Waals surface area contributed by atoms with Crippen molar-refractivity contribution >= 4 is 29.5 Å². The normalized spacial score (nSPS) is 11.0. The van der Waals surface area contributed by atoms with Gasteiger partial charge in [0.15, 0.2) is 5.02 Å². The van der Waals surface area contributed by atoms with E-state index in [1.54, 1.807) is 12.1 Å². The minimum atomic E-state index is -0.660. The molecule has 1 amide bonds. The predicted octanol–water partition coefficient (Wildman–Crippen LogP) is 1.56. The number of nitrogens with zero attached hydrogens (tertiary/aromatic N) is 4. The van der Waals surface area contributed by atoms with Gasteiger partial charge in [0, 0.05) is 6.92 Å². The van der Waals surface area contributed by atoms with E-state index >= 15 is 0 Å². The fourth-order valence-corrected chi connectivity index (χ4v) is 1.71.